The van der Waals surface area contributed by atoms with Crippen LogP contribution in [0, 0.1) is 5.41 Å². The van der Waals surface area contributed by atoms with Gasteiger partial charge in [0.1, 0.15) is 0 Å². The van der Waals surface area contributed by atoms with Crippen LogP contribution in [0.2, 0.25) is 0 Å². The number of rotatable bonds is 4. The van der Waals surface area contributed by atoms with Gasteiger partial charge in [-0.1, -0.05) is 12.1 Å². The lowest BCUT2D eigenvalue weighted by atomic mass is 9.89. The molecule has 0 bridgehead atoms. The topological polar surface area (TPSA) is 97.5 Å². The van der Waals surface area contributed by atoms with Crippen molar-refractivity contribution in [3.05, 3.63) is 29.8 Å². The van der Waals surface area contributed by atoms with Crippen LogP contribution in [0.15, 0.2) is 29.2 Å². The molecule has 1 atom stereocenters. The molecule has 1 heterocycles. The van der Waals surface area contributed by atoms with Gasteiger partial charge in [-0.15, -0.1) is 0 Å². The molecule has 1 fully saturated rings. The molecule has 0 aromatic heterocycles. The lowest BCUT2D eigenvalue weighted by Gasteiger charge is -2.21. The van der Waals surface area contributed by atoms with E-state index in [-0.39, 0.29) is 23.8 Å². The van der Waals surface area contributed by atoms with Crippen LogP contribution in [0.25, 0.3) is 0 Å². The molecule has 0 saturated carbocycles. The average Bonchev–Trinajstić information content (AvgIpc) is 2.84. The van der Waals surface area contributed by atoms with Gasteiger partial charge >= 0.3 is 0 Å². The molecule has 2 N–H and O–H groups in total. The summed E-state index contributed by atoms with van der Waals surface area (Å²) in [5, 5.41) is 0. The van der Waals surface area contributed by atoms with Crippen molar-refractivity contribution in [2.45, 2.75) is 25.2 Å². The second-order valence-electron chi connectivity index (χ2n) is 5.60. The minimum absolute atomic E-state index is 0.0592. The number of nitrogens with zero attached hydrogens (tertiary/aromatic N) is 1. The Kier molecular flexibility index (Phi) is 3.90. The molecule has 1 aliphatic heterocycles. The van der Waals surface area contributed by atoms with Crippen LogP contribution in [0.4, 0.5) is 0 Å². The van der Waals surface area contributed by atoms with Gasteiger partial charge in [0.25, 0.3) is 0 Å². The zero-order valence-electron chi connectivity index (χ0n) is 12.0. The number of ketones is 1. The van der Waals surface area contributed by atoms with Crippen LogP contribution in [0.5, 0.6) is 0 Å². The van der Waals surface area contributed by atoms with Crippen LogP contribution in [-0.2, 0) is 14.8 Å². The zero-order valence-corrected chi connectivity index (χ0v) is 12.8. The highest BCUT2D eigenvalue weighted by atomic mass is 32.2. The Labute approximate surface area is 124 Å². The third kappa shape index (κ3) is 2.84. The SMILES string of the molecule is CC(=O)c1cccc(S(=O)(=O)N2CCC(C)(C(N)=O)C2)c1. The Morgan fingerprint density at radius 3 is 2.52 bits per heavy atom. The Hall–Kier alpha value is -1.73. The maximum Gasteiger partial charge on any atom is 0.243 e. The van der Waals surface area contributed by atoms with Gasteiger partial charge in [-0.3, -0.25) is 9.59 Å². The minimum atomic E-state index is -3.73. The van der Waals surface area contributed by atoms with E-state index < -0.39 is 21.3 Å². The van der Waals surface area contributed by atoms with Gasteiger partial charge in [0.05, 0.1) is 10.3 Å². The summed E-state index contributed by atoms with van der Waals surface area (Å²) in [5.41, 5.74) is 4.83. The maximum absolute atomic E-state index is 12.6. The highest BCUT2D eigenvalue weighted by Crippen LogP contribution is 2.33. The second-order valence-corrected chi connectivity index (χ2v) is 7.54. The first-order valence-electron chi connectivity index (χ1n) is 6.58. The molecular weight excluding hydrogens is 292 g/mol. The van der Waals surface area contributed by atoms with E-state index in [1.807, 2.05) is 0 Å². The van der Waals surface area contributed by atoms with Crippen LogP contribution in [-0.4, -0.2) is 37.5 Å². The first-order chi connectivity index (χ1) is 9.67. The van der Waals surface area contributed by atoms with E-state index >= 15 is 0 Å². The second kappa shape index (κ2) is 5.23. The molecule has 0 aliphatic carbocycles. The fourth-order valence-corrected chi connectivity index (χ4v) is 3.96. The van der Waals surface area contributed by atoms with Gasteiger partial charge in [-0.05, 0) is 32.4 Å². The molecule has 2 rings (SSSR count). The Morgan fingerprint density at radius 2 is 2.00 bits per heavy atom. The summed E-state index contributed by atoms with van der Waals surface area (Å²) in [6.07, 6.45) is 0.397. The Bertz CT molecular complexity index is 699. The number of sulfonamides is 1. The summed E-state index contributed by atoms with van der Waals surface area (Å²) in [5.74, 6) is -0.701. The predicted octanol–water partition coefficient (Wildman–Crippen LogP) is 0.775. The molecule has 0 spiro atoms. The van der Waals surface area contributed by atoms with Crippen LogP contribution < -0.4 is 5.73 Å². The molecule has 1 aromatic carbocycles. The van der Waals surface area contributed by atoms with E-state index in [0.717, 1.165) is 0 Å². The monoisotopic (exact) mass is 310 g/mol. The fourth-order valence-electron chi connectivity index (χ4n) is 2.35. The van der Waals surface area contributed by atoms with Crippen molar-refractivity contribution in [3.63, 3.8) is 0 Å². The number of primary amides is 1. The van der Waals surface area contributed by atoms with E-state index in [9.17, 15) is 18.0 Å². The van der Waals surface area contributed by atoms with Crippen molar-refractivity contribution in [2.24, 2.45) is 11.1 Å². The quantitative estimate of drug-likeness (QED) is 0.831. The molecule has 0 radical (unpaired) electrons. The highest BCUT2D eigenvalue weighted by Gasteiger charge is 2.43. The van der Waals surface area contributed by atoms with Crippen molar-refractivity contribution in [1.82, 2.24) is 4.31 Å². The van der Waals surface area contributed by atoms with Crippen molar-refractivity contribution in [3.8, 4) is 0 Å². The van der Waals surface area contributed by atoms with Crippen molar-refractivity contribution in [1.29, 1.82) is 0 Å². The molecular formula is C14H18N2O4S. The number of carbonyl (C=O) groups excluding carboxylic acids is 2. The van der Waals surface area contributed by atoms with E-state index in [4.69, 9.17) is 5.73 Å². The summed E-state index contributed by atoms with van der Waals surface area (Å²) < 4.78 is 26.4. The Morgan fingerprint density at radius 1 is 1.33 bits per heavy atom. The van der Waals surface area contributed by atoms with E-state index in [0.29, 0.717) is 12.0 Å². The van der Waals surface area contributed by atoms with Crippen molar-refractivity contribution < 1.29 is 18.0 Å². The smallest absolute Gasteiger partial charge is 0.243 e. The lowest BCUT2D eigenvalue weighted by molar-refractivity contribution is -0.126. The van der Waals surface area contributed by atoms with E-state index in [1.165, 1.54) is 29.4 Å². The van der Waals surface area contributed by atoms with Gasteiger partial charge < -0.3 is 5.73 Å². The summed E-state index contributed by atoms with van der Waals surface area (Å²) in [6.45, 7) is 3.35. The standard InChI is InChI=1S/C14H18N2O4S/c1-10(17)11-4-3-5-12(8-11)21(19,20)16-7-6-14(2,9-16)13(15)18/h3-5,8H,6-7,9H2,1-2H3,(H2,15,18). The average molecular weight is 310 g/mol. The van der Waals surface area contributed by atoms with Gasteiger partial charge in [0.2, 0.25) is 15.9 Å². The molecule has 1 aliphatic rings. The van der Waals surface area contributed by atoms with Crippen molar-refractivity contribution >= 4 is 21.7 Å². The third-order valence-electron chi connectivity index (χ3n) is 3.91. The molecule has 1 amide bonds. The molecule has 1 aromatic rings. The van der Waals surface area contributed by atoms with Crippen LogP contribution in [0.3, 0.4) is 0 Å². The fraction of sp³-hybridized carbons (Fsp3) is 0.429. The number of nitrogens with two attached hydrogens (primary N) is 1. The number of carbonyl (C=O) groups is 2. The normalized spacial score (nSPS) is 23.1. The summed E-state index contributed by atoms with van der Waals surface area (Å²) in [4.78, 5) is 22.9. The number of hydrogen-bond acceptors (Lipinski definition) is 4. The molecule has 7 heteroatoms. The number of Topliss-reactive ketones (excluding diaryl/α,β-unsaturated/α-hetero) is 1. The number of hydrogen-bond donors (Lipinski definition) is 1. The first-order valence-corrected chi connectivity index (χ1v) is 8.02. The first kappa shape index (κ1) is 15.7. The molecule has 6 nitrogen and oxygen atoms in total. The van der Waals surface area contributed by atoms with Gasteiger partial charge in [-0.2, -0.15) is 4.31 Å². The minimum Gasteiger partial charge on any atom is -0.369 e. The third-order valence-corrected chi connectivity index (χ3v) is 5.75. The summed E-state index contributed by atoms with van der Waals surface area (Å²) >= 11 is 0. The largest absolute Gasteiger partial charge is 0.369 e. The molecule has 21 heavy (non-hydrogen) atoms. The Balaban J connectivity index is 2.34. The summed E-state index contributed by atoms with van der Waals surface area (Å²) in [6, 6.07) is 5.91. The molecule has 1 unspecified atom stereocenters. The maximum atomic E-state index is 12.6. The zero-order chi connectivity index (χ0) is 15.8. The number of benzene rings is 1. The van der Waals surface area contributed by atoms with Crippen LogP contribution >= 0.6 is 0 Å². The van der Waals surface area contributed by atoms with Gasteiger partial charge in [0.15, 0.2) is 5.78 Å². The lowest BCUT2D eigenvalue weighted by Crippen LogP contribution is -2.38. The van der Waals surface area contributed by atoms with Crippen LogP contribution in [0.1, 0.15) is 30.6 Å². The summed E-state index contributed by atoms with van der Waals surface area (Å²) in [7, 11) is -3.73. The number of amides is 1. The van der Waals surface area contributed by atoms with Crippen molar-refractivity contribution in [2.75, 3.05) is 13.1 Å². The van der Waals surface area contributed by atoms with Gasteiger partial charge in [0, 0.05) is 18.7 Å². The predicted molar refractivity (Wildman–Crippen MR) is 77.1 cm³/mol. The molecule has 1 saturated heterocycles. The van der Waals surface area contributed by atoms with E-state index in [2.05, 4.69) is 0 Å². The van der Waals surface area contributed by atoms with Gasteiger partial charge in [-0.25, -0.2) is 8.42 Å². The van der Waals surface area contributed by atoms with E-state index in [1.54, 1.807) is 13.0 Å². The molecule has 114 valence electrons. The highest BCUT2D eigenvalue weighted by molar-refractivity contribution is 7.89.